The van der Waals surface area contributed by atoms with Gasteiger partial charge in [0.2, 0.25) is 0 Å². The maximum absolute atomic E-state index is 6.57. The number of aromatic nitrogens is 2. The van der Waals surface area contributed by atoms with Crippen molar-refractivity contribution in [3.8, 4) is 45.1 Å². The van der Waals surface area contributed by atoms with Crippen LogP contribution in [-0.2, 0) is 5.41 Å². The molecule has 1 aliphatic heterocycles. The van der Waals surface area contributed by atoms with Crippen LogP contribution >= 0.6 is 0 Å². The van der Waals surface area contributed by atoms with Crippen LogP contribution in [0.25, 0.3) is 77.2 Å². The molecule has 13 rings (SSSR count). The first-order valence-electron chi connectivity index (χ1n) is 20.0. The van der Waals surface area contributed by atoms with Gasteiger partial charge >= 0.3 is 0 Å². The van der Waals surface area contributed by atoms with Crippen LogP contribution in [0.3, 0.4) is 0 Å². The second kappa shape index (κ2) is 11.7. The molecule has 0 N–H and O–H groups in total. The summed E-state index contributed by atoms with van der Waals surface area (Å²) in [6, 6.07) is 75.4. The highest BCUT2D eigenvalue weighted by atomic mass is 16.5. The molecule has 11 aromatic rings. The largest absolute Gasteiger partial charge is 0.457 e. The molecule has 0 unspecified atom stereocenters. The van der Waals surface area contributed by atoms with Gasteiger partial charge in [0.25, 0.3) is 0 Å². The van der Waals surface area contributed by atoms with Crippen molar-refractivity contribution in [2.24, 2.45) is 0 Å². The fourth-order valence-electron chi connectivity index (χ4n) is 10.4. The average Bonchev–Trinajstić information content (AvgIpc) is 3.90. The van der Waals surface area contributed by atoms with Gasteiger partial charge in [0.05, 0.1) is 27.5 Å². The molecule has 0 radical (unpaired) electrons. The molecule has 1 aliphatic carbocycles. The monoisotopic (exact) mass is 738 g/mol. The third-order valence-corrected chi connectivity index (χ3v) is 12.8. The van der Waals surface area contributed by atoms with Gasteiger partial charge in [-0.15, -0.1) is 0 Å². The predicted molar refractivity (Wildman–Crippen MR) is 238 cm³/mol. The normalized spacial score (nSPS) is 13.4. The van der Waals surface area contributed by atoms with Crippen molar-refractivity contribution in [3.05, 3.63) is 229 Å². The molecule has 0 atom stereocenters. The quantitative estimate of drug-likeness (QED) is 0.177. The van der Waals surface area contributed by atoms with E-state index in [0.717, 1.165) is 17.2 Å². The molecule has 0 saturated heterocycles. The lowest BCUT2D eigenvalue weighted by atomic mass is 9.66. The topological polar surface area (TPSA) is 19.1 Å². The highest BCUT2D eigenvalue weighted by Gasteiger charge is 2.51. The van der Waals surface area contributed by atoms with Crippen LogP contribution in [-0.4, -0.2) is 9.13 Å². The van der Waals surface area contributed by atoms with E-state index < -0.39 is 5.41 Å². The molecule has 2 aromatic heterocycles. The molecule has 0 saturated carbocycles. The van der Waals surface area contributed by atoms with E-state index in [1.807, 2.05) is 0 Å². The third-order valence-electron chi connectivity index (χ3n) is 12.8. The molecule has 3 heterocycles. The summed E-state index contributed by atoms with van der Waals surface area (Å²) in [5.41, 5.74) is 16.5. The first kappa shape index (κ1) is 31.6. The molecule has 0 fully saturated rings. The van der Waals surface area contributed by atoms with E-state index in [4.69, 9.17) is 4.74 Å². The Hall–Kier alpha value is -7.62. The average molecular weight is 739 g/mol. The zero-order chi connectivity index (χ0) is 38.0. The van der Waals surface area contributed by atoms with Gasteiger partial charge in [-0.1, -0.05) is 133 Å². The minimum atomic E-state index is -0.486. The van der Waals surface area contributed by atoms with E-state index in [9.17, 15) is 0 Å². The number of para-hydroxylation sites is 5. The van der Waals surface area contributed by atoms with Crippen LogP contribution < -0.4 is 4.74 Å². The molecule has 3 heteroatoms. The molecular formula is C55H34N2O. The molecule has 1 spiro atoms. The Kier molecular flexibility index (Phi) is 6.37. The van der Waals surface area contributed by atoms with E-state index in [-0.39, 0.29) is 0 Å². The van der Waals surface area contributed by atoms with Crippen LogP contribution in [0.1, 0.15) is 22.3 Å². The zero-order valence-corrected chi connectivity index (χ0v) is 31.4. The summed E-state index contributed by atoms with van der Waals surface area (Å²) in [5.74, 6) is 1.82. The number of ether oxygens (including phenoxy) is 1. The summed E-state index contributed by atoms with van der Waals surface area (Å²) in [5, 5.41) is 4.99. The Morgan fingerprint density at radius 2 is 0.793 bits per heavy atom. The maximum Gasteiger partial charge on any atom is 0.132 e. The minimum absolute atomic E-state index is 0.486. The Balaban J connectivity index is 1.00. The first-order valence-corrected chi connectivity index (χ1v) is 20.0. The number of benzene rings is 9. The molecule has 58 heavy (non-hydrogen) atoms. The van der Waals surface area contributed by atoms with Gasteiger partial charge in [-0.2, -0.15) is 0 Å². The zero-order valence-electron chi connectivity index (χ0n) is 31.4. The molecule has 0 amide bonds. The number of hydrogen-bond acceptors (Lipinski definition) is 1. The highest BCUT2D eigenvalue weighted by Crippen LogP contribution is 2.62. The van der Waals surface area contributed by atoms with Crippen LogP contribution in [0.5, 0.6) is 11.5 Å². The minimum Gasteiger partial charge on any atom is -0.457 e. The van der Waals surface area contributed by atoms with Crippen molar-refractivity contribution in [1.82, 2.24) is 9.13 Å². The van der Waals surface area contributed by atoms with Gasteiger partial charge < -0.3 is 13.9 Å². The van der Waals surface area contributed by atoms with Gasteiger partial charge in [0, 0.05) is 44.0 Å². The van der Waals surface area contributed by atoms with E-state index in [0.29, 0.717) is 0 Å². The van der Waals surface area contributed by atoms with Gasteiger partial charge in [0.1, 0.15) is 11.5 Å². The maximum atomic E-state index is 6.57. The van der Waals surface area contributed by atoms with Crippen LogP contribution in [0, 0.1) is 0 Å². The van der Waals surface area contributed by atoms with Crippen molar-refractivity contribution in [3.63, 3.8) is 0 Å². The van der Waals surface area contributed by atoms with Gasteiger partial charge in [-0.25, -0.2) is 0 Å². The van der Waals surface area contributed by atoms with E-state index >= 15 is 0 Å². The van der Waals surface area contributed by atoms with Crippen molar-refractivity contribution < 1.29 is 4.74 Å². The Labute approximate surface area is 335 Å². The van der Waals surface area contributed by atoms with Crippen molar-refractivity contribution >= 4 is 43.6 Å². The first-order chi connectivity index (χ1) is 28.8. The Morgan fingerprint density at radius 1 is 0.310 bits per heavy atom. The van der Waals surface area contributed by atoms with Crippen molar-refractivity contribution in [2.75, 3.05) is 0 Å². The SMILES string of the molecule is c1ccc(-n2c3ccccc3c3cc(-c4ccc5c(c4)c4ccccc4n5-c4ccc5c(c4)-c4ccccc4C54c5ccccc5Oc5ccccc54)ccc32)cc1. The van der Waals surface area contributed by atoms with Gasteiger partial charge in [0.15, 0.2) is 0 Å². The fraction of sp³-hybridized carbons (Fsp3) is 0.0182. The van der Waals surface area contributed by atoms with Crippen molar-refractivity contribution in [2.45, 2.75) is 5.41 Å². The molecule has 3 nitrogen and oxygen atoms in total. The van der Waals surface area contributed by atoms with E-state index in [1.165, 1.54) is 93.8 Å². The van der Waals surface area contributed by atoms with E-state index in [2.05, 4.69) is 215 Å². The number of nitrogens with zero attached hydrogens (tertiary/aromatic N) is 2. The summed E-state index contributed by atoms with van der Waals surface area (Å²) in [6.45, 7) is 0. The lowest BCUT2D eigenvalue weighted by Crippen LogP contribution is -2.32. The molecule has 9 aromatic carbocycles. The van der Waals surface area contributed by atoms with E-state index in [1.54, 1.807) is 0 Å². The molecule has 270 valence electrons. The van der Waals surface area contributed by atoms with Crippen molar-refractivity contribution in [1.29, 1.82) is 0 Å². The fourth-order valence-corrected chi connectivity index (χ4v) is 10.4. The lowest BCUT2D eigenvalue weighted by molar-refractivity contribution is 0.436. The summed E-state index contributed by atoms with van der Waals surface area (Å²) in [7, 11) is 0. The standard InChI is InChI=1S/C55H34N2O/c1-2-14-37(15-3-1)56-49-22-10-5-17-40(49)43-32-35(26-30-51(43)56)36-27-31-52-44(33-36)41-18-6-11-23-50(41)57(52)38-28-29-46-42(34-38)39-16-4-7-19-45(39)55(46)47-20-8-12-24-53(47)58-54-25-13-9-21-48(54)55/h1-34H. The number of rotatable bonds is 3. The third kappa shape index (κ3) is 4.12. The predicted octanol–water partition coefficient (Wildman–Crippen LogP) is 14.0. The second-order valence-corrected chi connectivity index (χ2v) is 15.6. The number of hydrogen-bond donors (Lipinski definition) is 0. The Morgan fingerprint density at radius 3 is 1.43 bits per heavy atom. The van der Waals surface area contributed by atoms with Crippen LogP contribution in [0.2, 0.25) is 0 Å². The van der Waals surface area contributed by atoms with Gasteiger partial charge in [-0.3, -0.25) is 0 Å². The molecule has 2 aliphatic rings. The molecule has 0 bridgehead atoms. The smallest absolute Gasteiger partial charge is 0.132 e. The molecular weight excluding hydrogens is 705 g/mol. The number of fused-ring (bicyclic) bond motifs is 15. The summed E-state index contributed by atoms with van der Waals surface area (Å²) < 4.78 is 11.4. The Bertz CT molecular complexity index is 3450. The highest BCUT2D eigenvalue weighted by molar-refractivity contribution is 6.13. The van der Waals surface area contributed by atoms with Gasteiger partial charge in [-0.05, 0) is 106 Å². The van der Waals surface area contributed by atoms with Crippen LogP contribution in [0.4, 0.5) is 0 Å². The summed E-state index contributed by atoms with van der Waals surface area (Å²) in [4.78, 5) is 0. The summed E-state index contributed by atoms with van der Waals surface area (Å²) in [6.07, 6.45) is 0. The lowest BCUT2D eigenvalue weighted by Gasteiger charge is -2.39. The second-order valence-electron chi connectivity index (χ2n) is 15.6. The summed E-state index contributed by atoms with van der Waals surface area (Å²) >= 11 is 0. The van der Waals surface area contributed by atoms with Crippen LogP contribution in [0.15, 0.2) is 206 Å².